The third-order valence-corrected chi connectivity index (χ3v) is 6.43. The van der Waals surface area contributed by atoms with E-state index in [0.717, 1.165) is 29.2 Å². The van der Waals surface area contributed by atoms with Gasteiger partial charge in [0.05, 0.1) is 18.5 Å². The standard InChI is InChI=1S/C20H26N4O3S/c25-18(8-7-14-4-1-2-5-14)22-20-16-12-28-13-17(16)23-24(20)11-19(26)21-10-15-6-3-9-27-15/h3,6,9,14H,1-2,4-5,7-8,10-13H2,(H,21,26)(H,22,25). The molecular weight excluding hydrogens is 376 g/mol. The minimum atomic E-state index is -0.160. The van der Waals surface area contributed by atoms with Gasteiger partial charge in [-0.1, -0.05) is 25.7 Å². The molecule has 0 unspecified atom stereocenters. The first-order valence-electron chi connectivity index (χ1n) is 9.94. The zero-order chi connectivity index (χ0) is 19.3. The molecule has 2 aromatic rings. The van der Waals surface area contributed by atoms with Crippen molar-refractivity contribution in [2.75, 3.05) is 5.32 Å². The summed E-state index contributed by atoms with van der Waals surface area (Å²) in [6, 6.07) is 3.60. The Kier molecular flexibility index (Phi) is 6.04. The fourth-order valence-corrected chi connectivity index (χ4v) is 4.97. The predicted octanol–water partition coefficient (Wildman–Crippen LogP) is 3.45. The smallest absolute Gasteiger partial charge is 0.242 e. The molecule has 1 fully saturated rings. The Labute approximate surface area is 168 Å². The van der Waals surface area contributed by atoms with E-state index in [1.807, 2.05) is 6.07 Å². The lowest BCUT2D eigenvalue weighted by atomic mass is 10.0. The number of amides is 2. The molecule has 2 amide bonds. The number of anilines is 1. The van der Waals surface area contributed by atoms with E-state index in [9.17, 15) is 9.59 Å². The Morgan fingerprint density at radius 2 is 2.11 bits per heavy atom. The molecular formula is C20H26N4O3S. The number of nitrogens with one attached hydrogen (secondary N) is 2. The first-order chi connectivity index (χ1) is 13.7. The fraction of sp³-hybridized carbons (Fsp3) is 0.550. The minimum Gasteiger partial charge on any atom is -0.467 e. The van der Waals surface area contributed by atoms with Crippen LogP contribution < -0.4 is 10.6 Å². The highest BCUT2D eigenvalue weighted by molar-refractivity contribution is 7.98. The van der Waals surface area contributed by atoms with Gasteiger partial charge in [0.2, 0.25) is 11.8 Å². The van der Waals surface area contributed by atoms with Gasteiger partial charge in [0.1, 0.15) is 18.1 Å². The molecule has 0 bridgehead atoms. The Bertz CT molecular complexity index is 825. The molecule has 2 aromatic heterocycles. The number of carbonyl (C=O) groups is 2. The monoisotopic (exact) mass is 402 g/mol. The maximum atomic E-state index is 12.5. The summed E-state index contributed by atoms with van der Waals surface area (Å²) in [4.78, 5) is 24.9. The topological polar surface area (TPSA) is 89.2 Å². The average molecular weight is 403 g/mol. The van der Waals surface area contributed by atoms with E-state index in [1.165, 1.54) is 25.7 Å². The van der Waals surface area contributed by atoms with Crippen molar-refractivity contribution < 1.29 is 14.0 Å². The number of aromatic nitrogens is 2. The summed E-state index contributed by atoms with van der Waals surface area (Å²) in [5.41, 5.74) is 2.02. The zero-order valence-electron chi connectivity index (χ0n) is 15.9. The lowest BCUT2D eigenvalue weighted by Crippen LogP contribution is -2.28. The van der Waals surface area contributed by atoms with Crippen LogP contribution in [0.3, 0.4) is 0 Å². The maximum absolute atomic E-state index is 12.5. The largest absolute Gasteiger partial charge is 0.467 e. The molecule has 0 radical (unpaired) electrons. The number of nitrogens with zero attached hydrogens (tertiary/aromatic N) is 2. The van der Waals surface area contributed by atoms with Crippen LogP contribution in [0.15, 0.2) is 22.8 Å². The van der Waals surface area contributed by atoms with Gasteiger partial charge in [0, 0.05) is 23.5 Å². The molecule has 3 heterocycles. The van der Waals surface area contributed by atoms with Gasteiger partial charge in [-0.05, 0) is 24.5 Å². The normalized spacial score (nSPS) is 16.3. The van der Waals surface area contributed by atoms with E-state index in [1.54, 1.807) is 28.8 Å². The van der Waals surface area contributed by atoms with Crippen molar-refractivity contribution in [2.45, 2.75) is 63.1 Å². The molecule has 8 heteroatoms. The van der Waals surface area contributed by atoms with Crippen molar-refractivity contribution in [2.24, 2.45) is 5.92 Å². The van der Waals surface area contributed by atoms with Crippen molar-refractivity contribution in [1.82, 2.24) is 15.1 Å². The summed E-state index contributed by atoms with van der Waals surface area (Å²) in [5.74, 6) is 3.57. The molecule has 0 atom stereocenters. The molecule has 2 N–H and O–H groups in total. The highest BCUT2D eigenvalue weighted by Gasteiger charge is 2.25. The average Bonchev–Trinajstić information content (AvgIpc) is 3.46. The van der Waals surface area contributed by atoms with E-state index >= 15 is 0 Å². The molecule has 1 aliphatic heterocycles. The quantitative estimate of drug-likeness (QED) is 0.706. The second-order valence-electron chi connectivity index (χ2n) is 7.52. The van der Waals surface area contributed by atoms with E-state index in [-0.39, 0.29) is 18.4 Å². The number of hydrogen-bond donors (Lipinski definition) is 2. The highest BCUT2D eigenvalue weighted by atomic mass is 32.2. The molecule has 7 nitrogen and oxygen atoms in total. The SMILES string of the molecule is O=C(Cn1nc2c(c1NC(=O)CCC1CCCC1)CSC2)NCc1ccco1. The van der Waals surface area contributed by atoms with Gasteiger partial charge >= 0.3 is 0 Å². The Balaban J connectivity index is 1.37. The van der Waals surface area contributed by atoms with Gasteiger partial charge in [-0.2, -0.15) is 16.9 Å². The van der Waals surface area contributed by atoms with Crippen LogP contribution in [0.4, 0.5) is 5.82 Å². The second kappa shape index (κ2) is 8.86. The van der Waals surface area contributed by atoms with Gasteiger partial charge in [0.25, 0.3) is 0 Å². The third kappa shape index (κ3) is 4.60. The molecule has 4 rings (SSSR count). The fourth-order valence-electron chi connectivity index (χ4n) is 3.94. The first kappa shape index (κ1) is 19.1. The predicted molar refractivity (Wildman–Crippen MR) is 108 cm³/mol. The Morgan fingerprint density at radius 1 is 1.25 bits per heavy atom. The van der Waals surface area contributed by atoms with Gasteiger partial charge < -0.3 is 15.1 Å². The molecule has 0 saturated heterocycles. The molecule has 1 aliphatic carbocycles. The van der Waals surface area contributed by atoms with Crippen molar-refractivity contribution >= 4 is 29.4 Å². The number of thioether (sulfide) groups is 1. The van der Waals surface area contributed by atoms with Crippen LogP contribution in [0.25, 0.3) is 0 Å². The van der Waals surface area contributed by atoms with Gasteiger partial charge in [-0.3, -0.25) is 9.59 Å². The second-order valence-corrected chi connectivity index (χ2v) is 8.50. The lowest BCUT2D eigenvalue weighted by Gasteiger charge is -2.12. The van der Waals surface area contributed by atoms with Crippen LogP contribution in [0, 0.1) is 5.92 Å². The number of furan rings is 1. The molecule has 1 saturated carbocycles. The summed E-state index contributed by atoms with van der Waals surface area (Å²) in [6.45, 7) is 0.419. The van der Waals surface area contributed by atoms with Crippen LogP contribution >= 0.6 is 11.8 Å². The number of hydrogen-bond acceptors (Lipinski definition) is 5. The van der Waals surface area contributed by atoms with Crippen LogP contribution in [0.5, 0.6) is 0 Å². The summed E-state index contributed by atoms with van der Waals surface area (Å²) >= 11 is 1.78. The van der Waals surface area contributed by atoms with Gasteiger partial charge in [0.15, 0.2) is 0 Å². The molecule has 2 aliphatic rings. The van der Waals surface area contributed by atoms with E-state index in [4.69, 9.17) is 4.42 Å². The van der Waals surface area contributed by atoms with E-state index < -0.39 is 0 Å². The van der Waals surface area contributed by atoms with E-state index in [0.29, 0.717) is 30.5 Å². The van der Waals surface area contributed by atoms with Gasteiger partial charge in [-0.25, -0.2) is 4.68 Å². The maximum Gasteiger partial charge on any atom is 0.242 e. The number of fused-ring (bicyclic) bond motifs is 1. The first-order valence-corrected chi connectivity index (χ1v) is 11.1. The van der Waals surface area contributed by atoms with Crippen molar-refractivity contribution in [3.05, 3.63) is 35.4 Å². The third-order valence-electron chi connectivity index (χ3n) is 5.46. The summed E-state index contributed by atoms with van der Waals surface area (Å²) < 4.78 is 6.87. The summed E-state index contributed by atoms with van der Waals surface area (Å²) in [7, 11) is 0. The molecule has 0 spiro atoms. The molecule has 150 valence electrons. The van der Waals surface area contributed by atoms with Crippen molar-refractivity contribution in [1.29, 1.82) is 0 Å². The number of carbonyl (C=O) groups excluding carboxylic acids is 2. The lowest BCUT2D eigenvalue weighted by molar-refractivity contribution is -0.122. The molecule has 28 heavy (non-hydrogen) atoms. The van der Waals surface area contributed by atoms with Gasteiger partial charge in [-0.15, -0.1) is 0 Å². The number of rotatable bonds is 8. The summed E-state index contributed by atoms with van der Waals surface area (Å²) in [5, 5.41) is 10.4. The molecule has 0 aromatic carbocycles. The summed E-state index contributed by atoms with van der Waals surface area (Å²) in [6.07, 6.45) is 8.12. The van der Waals surface area contributed by atoms with Crippen molar-refractivity contribution in [3.8, 4) is 0 Å². The van der Waals surface area contributed by atoms with Crippen molar-refractivity contribution in [3.63, 3.8) is 0 Å². The Hall–Kier alpha value is -2.22. The van der Waals surface area contributed by atoms with Crippen LogP contribution in [0.2, 0.25) is 0 Å². The van der Waals surface area contributed by atoms with Crippen LogP contribution in [-0.2, 0) is 34.2 Å². The van der Waals surface area contributed by atoms with Crippen LogP contribution in [-0.4, -0.2) is 21.6 Å². The Morgan fingerprint density at radius 3 is 2.89 bits per heavy atom. The van der Waals surface area contributed by atoms with Crippen LogP contribution in [0.1, 0.15) is 55.5 Å². The van der Waals surface area contributed by atoms with E-state index in [2.05, 4.69) is 15.7 Å². The highest BCUT2D eigenvalue weighted by Crippen LogP contribution is 2.35. The minimum absolute atomic E-state index is 0.0174. The zero-order valence-corrected chi connectivity index (χ0v) is 16.7.